The predicted octanol–water partition coefficient (Wildman–Crippen LogP) is 3.52. The molecule has 3 heterocycles. The molecule has 4 aromatic rings. The van der Waals surface area contributed by atoms with E-state index in [1.807, 2.05) is 60.4 Å². The molecule has 1 fully saturated rings. The number of aromatic nitrogens is 4. The van der Waals surface area contributed by atoms with Crippen LogP contribution >= 0.6 is 0 Å². The Morgan fingerprint density at radius 1 is 0.935 bits per heavy atom. The van der Waals surface area contributed by atoms with Crippen molar-refractivity contribution in [1.82, 2.24) is 19.6 Å². The van der Waals surface area contributed by atoms with E-state index in [-0.39, 0.29) is 11.3 Å². The van der Waals surface area contributed by atoms with Gasteiger partial charge in [0.05, 0.1) is 23.3 Å². The van der Waals surface area contributed by atoms with Gasteiger partial charge in [-0.1, -0.05) is 18.2 Å². The lowest BCUT2D eigenvalue weighted by Gasteiger charge is -2.18. The minimum absolute atomic E-state index is 0.157. The third kappa shape index (κ3) is 3.44. The van der Waals surface area contributed by atoms with Crippen LogP contribution in [0.5, 0.6) is 0 Å². The highest BCUT2D eigenvalue weighted by Crippen LogP contribution is 2.26. The molecule has 1 amide bonds. The highest BCUT2D eigenvalue weighted by Gasteiger charge is 2.22. The first-order valence-corrected chi connectivity index (χ1v) is 10.2. The maximum atomic E-state index is 12.7. The highest BCUT2D eigenvalue weighted by atomic mass is 16.2. The van der Waals surface area contributed by atoms with E-state index in [9.17, 15) is 9.59 Å². The normalized spacial score (nSPS) is 13.7. The first-order valence-electron chi connectivity index (χ1n) is 10.2. The van der Waals surface area contributed by atoms with Crippen LogP contribution in [0.3, 0.4) is 0 Å². The van der Waals surface area contributed by atoms with E-state index >= 15 is 0 Å². The third-order valence-electron chi connectivity index (χ3n) is 5.51. The van der Waals surface area contributed by atoms with Crippen molar-refractivity contribution in [2.75, 3.05) is 11.4 Å². The molecule has 1 aliphatic rings. The molecule has 2 aromatic carbocycles. The van der Waals surface area contributed by atoms with Gasteiger partial charge in [-0.2, -0.15) is 10.2 Å². The van der Waals surface area contributed by atoms with Crippen LogP contribution in [0.4, 0.5) is 5.69 Å². The Morgan fingerprint density at radius 2 is 1.77 bits per heavy atom. The zero-order chi connectivity index (χ0) is 21.4. The molecule has 154 valence electrons. The Kier molecular flexibility index (Phi) is 4.71. The summed E-state index contributed by atoms with van der Waals surface area (Å²) in [5.41, 5.74) is 4.34. The monoisotopic (exact) mass is 411 g/mol. The van der Waals surface area contributed by atoms with Gasteiger partial charge >= 0.3 is 0 Å². The van der Waals surface area contributed by atoms with Gasteiger partial charge in [0.25, 0.3) is 0 Å². The molecule has 0 N–H and O–H groups in total. The van der Waals surface area contributed by atoms with Crippen molar-refractivity contribution in [3.8, 4) is 22.8 Å². The van der Waals surface area contributed by atoms with Gasteiger partial charge in [0, 0.05) is 30.9 Å². The van der Waals surface area contributed by atoms with Crippen LogP contribution in [-0.4, -0.2) is 32.0 Å². The van der Waals surface area contributed by atoms with Crippen molar-refractivity contribution in [3.05, 3.63) is 88.8 Å². The van der Waals surface area contributed by atoms with Crippen molar-refractivity contribution in [1.29, 1.82) is 0 Å². The molecule has 0 saturated carbocycles. The maximum Gasteiger partial charge on any atom is 0.227 e. The molecule has 0 aliphatic carbocycles. The van der Waals surface area contributed by atoms with Gasteiger partial charge in [-0.25, -0.2) is 9.36 Å². The molecule has 7 heteroatoms. The van der Waals surface area contributed by atoms with Crippen molar-refractivity contribution >= 4 is 11.6 Å². The van der Waals surface area contributed by atoms with E-state index in [4.69, 9.17) is 0 Å². The summed E-state index contributed by atoms with van der Waals surface area (Å²) in [6.07, 6.45) is 4.81. The SMILES string of the molecule is Cc1cc(N2CCCC2=O)ccc1-n1ccc(=O)c(-c2ccnn2-c2ccccc2)n1. The fourth-order valence-corrected chi connectivity index (χ4v) is 3.96. The molecule has 2 aromatic heterocycles. The van der Waals surface area contributed by atoms with Crippen LogP contribution in [0.2, 0.25) is 0 Å². The lowest BCUT2D eigenvalue weighted by Crippen LogP contribution is -2.23. The number of amides is 1. The Morgan fingerprint density at radius 3 is 2.52 bits per heavy atom. The molecule has 0 unspecified atom stereocenters. The predicted molar refractivity (Wildman–Crippen MR) is 119 cm³/mol. The first kappa shape index (κ1) is 19.0. The summed E-state index contributed by atoms with van der Waals surface area (Å²) in [6, 6.07) is 18.8. The number of nitrogens with zero attached hydrogens (tertiary/aromatic N) is 5. The van der Waals surface area contributed by atoms with Crippen molar-refractivity contribution < 1.29 is 4.79 Å². The topological polar surface area (TPSA) is 73.0 Å². The van der Waals surface area contributed by atoms with E-state index < -0.39 is 0 Å². The minimum atomic E-state index is -0.175. The van der Waals surface area contributed by atoms with Crippen LogP contribution in [0.15, 0.2) is 77.9 Å². The van der Waals surface area contributed by atoms with Gasteiger partial charge in [-0.15, -0.1) is 0 Å². The van der Waals surface area contributed by atoms with Crippen LogP contribution in [0, 0.1) is 6.92 Å². The fraction of sp³-hybridized carbons (Fsp3) is 0.167. The van der Waals surface area contributed by atoms with Crippen LogP contribution < -0.4 is 10.3 Å². The minimum Gasteiger partial charge on any atom is -0.312 e. The average molecular weight is 411 g/mol. The molecule has 0 bridgehead atoms. The molecule has 0 radical (unpaired) electrons. The number of carbonyl (C=O) groups excluding carboxylic acids is 1. The lowest BCUT2D eigenvalue weighted by atomic mass is 10.1. The number of aryl methyl sites for hydroxylation is 1. The summed E-state index contributed by atoms with van der Waals surface area (Å²) in [6.45, 7) is 2.73. The summed E-state index contributed by atoms with van der Waals surface area (Å²) >= 11 is 0. The third-order valence-corrected chi connectivity index (χ3v) is 5.51. The van der Waals surface area contributed by atoms with Gasteiger partial charge in [-0.3, -0.25) is 9.59 Å². The van der Waals surface area contributed by atoms with Gasteiger partial charge in [0.2, 0.25) is 11.3 Å². The quantitative estimate of drug-likeness (QED) is 0.515. The number of benzene rings is 2. The second-order valence-corrected chi connectivity index (χ2v) is 7.56. The molecule has 0 spiro atoms. The molecule has 31 heavy (non-hydrogen) atoms. The zero-order valence-electron chi connectivity index (χ0n) is 17.1. The largest absolute Gasteiger partial charge is 0.312 e. The molecule has 1 saturated heterocycles. The standard InChI is InChI=1S/C24H21N5O2/c1-17-16-19(27-14-5-8-23(27)31)9-10-20(17)28-15-12-22(30)24(26-28)21-11-13-25-29(21)18-6-3-2-4-7-18/h2-4,6-7,9-13,15-16H,5,8,14H2,1H3. The Bertz CT molecular complexity index is 1320. The summed E-state index contributed by atoms with van der Waals surface area (Å²) in [4.78, 5) is 26.6. The van der Waals surface area contributed by atoms with Gasteiger partial charge in [0.15, 0.2) is 5.69 Å². The summed E-state index contributed by atoms with van der Waals surface area (Å²) < 4.78 is 3.41. The van der Waals surface area contributed by atoms with Crippen molar-refractivity contribution in [3.63, 3.8) is 0 Å². The number of hydrogen-bond acceptors (Lipinski definition) is 4. The number of hydrogen-bond donors (Lipinski definition) is 0. The molecular weight excluding hydrogens is 390 g/mol. The smallest absolute Gasteiger partial charge is 0.227 e. The summed E-state index contributed by atoms with van der Waals surface area (Å²) in [5.74, 6) is 0.157. The second-order valence-electron chi connectivity index (χ2n) is 7.56. The second kappa shape index (κ2) is 7.68. The molecule has 1 aliphatic heterocycles. The number of para-hydroxylation sites is 1. The first-order chi connectivity index (χ1) is 15.1. The zero-order valence-corrected chi connectivity index (χ0v) is 17.1. The van der Waals surface area contributed by atoms with Crippen molar-refractivity contribution in [2.24, 2.45) is 0 Å². The van der Waals surface area contributed by atoms with E-state index in [0.717, 1.165) is 35.6 Å². The van der Waals surface area contributed by atoms with Gasteiger partial charge in [-0.05, 0) is 55.3 Å². The summed E-state index contributed by atoms with van der Waals surface area (Å²) in [7, 11) is 0. The molecule has 7 nitrogen and oxygen atoms in total. The number of rotatable bonds is 4. The molecule has 0 atom stereocenters. The maximum absolute atomic E-state index is 12.7. The Hall–Kier alpha value is -4.00. The van der Waals surface area contributed by atoms with E-state index in [2.05, 4.69) is 10.2 Å². The fourth-order valence-electron chi connectivity index (χ4n) is 3.96. The van der Waals surface area contributed by atoms with Gasteiger partial charge in [0.1, 0.15) is 0 Å². The van der Waals surface area contributed by atoms with Crippen LogP contribution in [0.25, 0.3) is 22.8 Å². The average Bonchev–Trinajstić information content (AvgIpc) is 3.44. The van der Waals surface area contributed by atoms with E-state index in [0.29, 0.717) is 17.8 Å². The highest BCUT2D eigenvalue weighted by molar-refractivity contribution is 5.95. The van der Waals surface area contributed by atoms with E-state index in [1.165, 1.54) is 6.07 Å². The molecule has 5 rings (SSSR count). The van der Waals surface area contributed by atoms with E-state index in [1.54, 1.807) is 27.8 Å². The Balaban J connectivity index is 1.56. The van der Waals surface area contributed by atoms with Crippen molar-refractivity contribution in [2.45, 2.75) is 19.8 Å². The van der Waals surface area contributed by atoms with Crippen LogP contribution in [-0.2, 0) is 4.79 Å². The van der Waals surface area contributed by atoms with Crippen LogP contribution in [0.1, 0.15) is 18.4 Å². The Labute approximate surface area is 179 Å². The molecular formula is C24H21N5O2. The summed E-state index contributed by atoms with van der Waals surface area (Å²) in [5, 5.41) is 9.01. The lowest BCUT2D eigenvalue weighted by molar-refractivity contribution is -0.117. The number of carbonyl (C=O) groups is 1. The van der Waals surface area contributed by atoms with Gasteiger partial charge < -0.3 is 4.90 Å². The number of anilines is 1.